The Morgan fingerprint density at radius 1 is 1.37 bits per heavy atom. The molecule has 0 radical (unpaired) electrons. The Kier molecular flexibility index (Phi) is 4.06. The van der Waals surface area contributed by atoms with Crippen molar-refractivity contribution in [2.75, 3.05) is 17.7 Å². The number of hydrogen-bond acceptors (Lipinski definition) is 6. The maximum atomic E-state index is 12.0. The summed E-state index contributed by atoms with van der Waals surface area (Å²) in [4.78, 5) is 17.4. The molecule has 2 aromatic heterocycles. The van der Waals surface area contributed by atoms with E-state index in [2.05, 4.69) is 25.8 Å². The number of anilines is 2. The van der Waals surface area contributed by atoms with Crippen LogP contribution in [0.4, 0.5) is 10.9 Å². The highest BCUT2D eigenvalue weighted by atomic mass is 32.1. The Morgan fingerprint density at radius 3 is 2.68 bits per heavy atom. The highest BCUT2D eigenvalue weighted by Crippen LogP contribution is 2.22. The van der Waals surface area contributed by atoms with Crippen LogP contribution in [0, 0.1) is 6.92 Å². The molecule has 0 aliphatic carbocycles. The van der Waals surface area contributed by atoms with E-state index in [1.807, 2.05) is 13.8 Å². The third-order valence-corrected chi connectivity index (χ3v) is 3.53. The van der Waals surface area contributed by atoms with Gasteiger partial charge < -0.3 is 5.32 Å². The summed E-state index contributed by atoms with van der Waals surface area (Å²) in [7, 11) is 1.74. The van der Waals surface area contributed by atoms with Gasteiger partial charge in [0.15, 0.2) is 10.8 Å². The van der Waals surface area contributed by atoms with Gasteiger partial charge in [-0.15, -0.1) is 21.5 Å². The first-order valence-electron chi connectivity index (χ1n) is 5.93. The van der Waals surface area contributed by atoms with Crippen LogP contribution in [-0.2, 0) is 6.42 Å². The van der Waals surface area contributed by atoms with Crippen molar-refractivity contribution < 1.29 is 4.79 Å². The summed E-state index contributed by atoms with van der Waals surface area (Å²) >= 11 is 1.47. The van der Waals surface area contributed by atoms with Gasteiger partial charge in [0, 0.05) is 11.9 Å². The first-order valence-corrected chi connectivity index (χ1v) is 6.74. The number of carbonyl (C=O) groups excluding carboxylic acids is 1. The molecule has 2 aromatic rings. The molecule has 2 heterocycles. The smallest absolute Gasteiger partial charge is 0.277 e. The standard InChI is InChI=1S/C12H15N5OS/c1-4-8-7(2)19-12(14-8)15-11(18)9-5-6-10(13-3)17-16-9/h5-6H,4H2,1-3H3,(H,13,17)(H,14,15,18). The molecule has 0 unspecified atom stereocenters. The average molecular weight is 277 g/mol. The van der Waals surface area contributed by atoms with Crippen molar-refractivity contribution >= 4 is 28.2 Å². The van der Waals surface area contributed by atoms with E-state index in [4.69, 9.17) is 0 Å². The molecule has 0 saturated heterocycles. The average Bonchev–Trinajstić information content (AvgIpc) is 2.78. The number of aromatic nitrogens is 3. The van der Waals surface area contributed by atoms with Gasteiger partial charge in [0.25, 0.3) is 5.91 Å². The van der Waals surface area contributed by atoms with Crippen LogP contribution < -0.4 is 10.6 Å². The molecule has 0 saturated carbocycles. The highest BCUT2D eigenvalue weighted by Gasteiger charge is 2.12. The molecule has 0 fully saturated rings. The summed E-state index contributed by atoms with van der Waals surface area (Å²) in [6.07, 6.45) is 0.856. The molecule has 7 heteroatoms. The van der Waals surface area contributed by atoms with Crippen molar-refractivity contribution in [2.45, 2.75) is 20.3 Å². The SMILES string of the molecule is CCc1nc(NC(=O)c2ccc(NC)nn2)sc1C. The van der Waals surface area contributed by atoms with Crippen LogP contribution >= 0.6 is 11.3 Å². The molecular weight excluding hydrogens is 262 g/mol. The van der Waals surface area contributed by atoms with Crippen LogP contribution in [-0.4, -0.2) is 28.1 Å². The molecular formula is C12H15N5OS. The number of hydrogen-bond donors (Lipinski definition) is 2. The predicted octanol–water partition coefficient (Wildman–Crippen LogP) is 2.10. The Balaban J connectivity index is 2.11. The summed E-state index contributed by atoms with van der Waals surface area (Å²) < 4.78 is 0. The first kappa shape index (κ1) is 13.4. The van der Waals surface area contributed by atoms with E-state index in [1.54, 1.807) is 19.2 Å². The molecule has 0 atom stereocenters. The topological polar surface area (TPSA) is 79.8 Å². The second-order valence-electron chi connectivity index (χ2n) is 3.88. The third kappa shape index (κ3) is 3.05. The Labute approximate surface area is 115 Å². The summed E-state index contributed by atoms with van der Waals surface area (Å²) in [5, 5.41) is 13.9. The lowest BCUT2D eigenvalue weighted by atomic mass is 10.3. The fourth-order valence-electron chi connectivity index (χ4n) is 1.56. The number of carbonyl (C=O) groups is 1. The van der Waals surface area contributed by atoms with E-state index in [0.29, 0.717) is 10.9 Å². The number of nitrogens with zero attached hydrogens (tertiary/aromatic N) is 3. The fraction of sp³-hybridized carbons (Fsp3) is 0.333. The number of amides is 1. The molecule has 19 heavy (non-hydrogen) atoms. The molecule has 0 aliphatic rings. The van der Waals surface area contributed by atoms with Crippen molar-refractivity contribution in [3.8, 4) is 0 Å². The molecule has 2 N–H and O–H groups in total. The molecule has 100 valence electrons. The van der Waals surface area contributed by atoms with E-state index in [9.17, 15) is 4.79 Å². The minimum atomic E-state index is -0.299. The van der Waals surface area contributed by atoms with Gasteiger partial charge in [-0.05, 0) is 25.5 Å². The highest BCUT2D eigenvalue weighted by molar-refractivity contribution is 7.15. The lowest BCUT2D eigenvalue weighted by Crippen LogP contribution is -2.14. The van der Waals surface area contributed by atoms with Gasteiger partial charge in [0.1, 0.15) is 5.82 Å². The van der Waals surface area contributed by atoms with Crippen molar-refractivity contribution in [3.63, 3.8) is 0 Å². The molecule has 6 nitrogen and oxygen atoms in total. The Bertz CT molecular complexity index is 578. The van der Waals surface area contributed by atoms with Crippen LogP contribution in [0.2, 0.25) is 0 Å². The fourth-order valence-corrected chi connectivity index (χ4v) is 2.45. The van der Waals surface area contributed by atoms with E-state index >= 15 is 0 Å². The number of thiazole rings is 1. The zero-order chi connectivity index (χ0) is 13.8. The monoisotopic (exact) mass is 277 g/mol. The van der Waals surface area contributed by atoms with Crippen molar-refractivity contribution in [1.29, 1.82) is 0 Å². The van der Waals surface area contributed by atoms with Gasteiger partial charge >= 0.3 is 0 Å². The van der Waals surface area contributed by atoms with E-state index < -0.39 is 0 Å². The van der Waals surface area contributed by atoms with Crippen LogP contribution in [0.1, 0.15) is 28.0 Å². The third-order valence-electron chi connectivity index (χ3n) is 2.60. The van der Waals surface area contributed by atoms with Crippen LogP contribution in [0.5, 0.6) is 0 Å². The maximum Gasteiger partial charge on any atom is 0.277 e. The second-order valence-corrected chi connectivity index (χ2v) is 5.09. The number of rotatable bonds is 4. The van der Waals surface area contributed by atoms with E-state index in [0.717, 1.165) is 17.0 Å². The summed E-state index contributed by atoms with van der Waals surface area (Å²) in [5.74, 6) is 0.321. The summed E-state index contributed by atoms with van der Waals surface area (Å²) in [5.41, 5.74) is 1.28. The minimum absolute atomic E-state index is 0.268. The lowest BCUT2D eigenvalue weighted by Gasteiger charge is -2.01. The van der Waals surface area contributed by atoms with Crippen molar-refractivity contribution in [2.24, 2.45) is 0 Å². The largest absolute Gasteiger partial charge is 0.372 e. The zero-order valence-electron chi connectivity index (χ0n) is 11.0. The second kappa shape index (κ2) is 5.75. The van der Waals surface area contributed by atoms with Gasteiger partial charge in [0.2, 0.25) is 0 Å². The van der Waals surface area contributed by atoms with Gasteiger partial charge in [-0.1, -0.05) is 6.92 Å². The van der Waals surface area contributed by atoms with Gasteiger partial charge in [-0.2, -0.15) is 0 Å². The normalized spacial score (nSPS) is 10.3. The van der Waals surface area contributed by atoms with Crippen molar-refractivity contribution in [3.05, 3.63) is 28.4 Å². The van der Waals surface area contributed by atoms with Crippen molar-refractivity contribution in [1.82, 2.24) is 15.2 Å². The van der Waals surface area contributed by atoms with E-state index in [1.165, 1.54) is 11.3 Å². The maximum absolute atomic E-state index is 12.0. The zero-order valence-corrected chi connectivity index (χ0v) is 11.8. The summed E-state index contributed by atoms with van der Waals surface area (Å²) in [6.45, 7) is 4.03. The Morgan fingerprint density at radius 2 is 2.16 bits per heavy atom. The first-order chi connectivity index (χ1) is 9.13. The molecule has 0 bridgehead atoms. The molecule has 0 spiro atoms. The quantitative estimate of drug-likeness (QED) is 0.894. The molecule has 0 aliphatic heterocycles. The van der Waals surface area contributed by atoms with Crippen LogP contribution in [0.15, 0.2) is 12.1 Å². The van der Waals surface area contributed by atoms with E-state index in [-0.39, 0.29) is 11.6 Å². The van der Waals surface area contributed by atoms with Gasteiger partial charge in [0.05, 0.1) is 5.69 Å². The molecule has 2 rings (SSSR count). The molecule has 0 aromatic carbocycles. The van der Waals surface area contributed by atoms with Gasteiger partial charge in [-0.25, -0.2) is 4.98 Å². The predicted molar refractivity (Wildman–Crippen MR) is 75.8 cm³/mol. The van der Waals surface area contributed by atoms with Crippen LogP contribution in [0.25, 0.3) is 0 Å². The van der Waals surface area contributed by atoms with Gasteiger partial charge in [-0.3, -0.25) is 10.1 Å². The molecule has 1 amide bonds. The summed E-state index contributed by atoms with van der Waals surface area (Å²) in [6, 6.07) is 3.32. The van der Waals surface area contributed by atoms with Crippen LogP contribution in [0.3, 0.4) is 0 Å². The Hall–Kier alpha value is -2.02. The lowest BCUT2D eigenvalue weighted by molar-refractivity contribution is 0.102. The number of nitrogens with one attached hydrogen (secondary N) is 2. The minimum Gasteiger partial charge on any atom is -0.372 e. The number of aryl methyl sites for hydroxylation is 2.